The Labute approximate surface area is 173 Å². The van der Waals surface area contributed by atoms with Crippen LogP contribution in [0.2, 0.25) is 0 Å². The molecule has 2 aliphatic rings. The van der Waals surface area contributed by atoms with Gasteiger partial charge in [0, 0.05) is 37.8 Å². The Morgan fingerprint density at radius 3 is 2.79 bits per heavy atom. The first-order valence-electron chi connectivity index (χ1n) is 10.6. The molecule has 0 aliphatic carbocycles. The number of fused-ring (bicyclic) bond motifs is 1. The topological polar surface area (TPSA) is 44.8 Å². The molecule has 0 saturated carbocycles. The summed E-state index contributed by atoms with van der Waals surface area (Å²) in [5.74, 6) is -0.0234. The standard InChI is InChI=1S/C24H31N3O2/c1-26(15-19-7-3-2-4-8-19)16-20-9-5-10-21(13-20)24(28)25-14-23-17-27-12-6-11-22(27)18-29-23/h2-5,7-10,13,22-23H,6,11-12,14-18H2,1H3,(H,25,28). The number of rotatable bonds is 7. The lowest BCUT2D eigenvalue weighted by atomic mass is 10.1. The van der Waals surface area contributed by atoms with Gasteiger partial charge in [-0.05, 0) is 49.7 Å². The predicted octanol–water partition coefficient (Wildman–Crippen LogP) is 2.91. The van der Waals surface area contributed by atoms with Crippen molar-refractivity contribution < 1.29 is 9.53 Å². The van der Waals surface area contributed by atoms with Gasteiger partial charge in [-0.3, -0.25) is 14.6 Å². The first kappa shape index (κ1) is 20.1. The summed E-state index contributed by atoms with van der Waals surface area (Å²) in [6, 6.07) is 18.9. The van der Waals surface area contributed by atoms with Gasteiger partial charge in [0.15, 0.2) is 0 Å². The molecule has 1 N–H and O–H groups in total. The number of carbonyl (C=O) groups is 1. The van der Waals surface area contributed by atoms with Crippen molar-refractivity contribution in [2.24, 2.45) is 0 Å². The van der Waals surface area contributed by atoms with Gasteiger partial charge in [-0.15, -0.1) is 0 Å². The molecule has 2 aliphatic heterocycles. The van der Waals surface area contributed by atoms with E-state index in [1.807, 2.05) is 24.3 Å². The molecule has 2 heterocycles. The fraction of sp³-hybridized carbons (Fsp3) is 0.458. The van der Waals surface area contributed by atoms with Crippen LogP contribution in [0.5, 0.6) is 0 Å². The lowest BCUT2D eigenvalue weighted by Crippen LogP contribution is -2.50. The molecule has 5 nitrogen and oxygen atoms in total. The number of carbonyl (C=O) groups excluding carboxylic acids is 1. The molecule has 2 atom stereocenters. The molecule has 0 aromatic heterocycles. The van der Waals surface area contributed by atoms with Crippen molar-refractivity contribution in [2.45, 2.75) is 38.1 Å². The number of nitrogens with zero attached hydrogens (tertiary/aromatic N) is 2. The zero-order valence-electron chi connectivity index (χ0n) is 17.2. The van der Waals surface area contributed by atoms with Gasteiger partial charge in [0.1, 0.15) is 0 Å². The summed E-state index contributed by atoms with van der Waals surface area (Å²) in [6.45, 7) is 5.14. The Bertz CT molecular complexity index is 811. The Kier molecular flexibility index (Phi) is 6.60. The SMILES string of the molecule is CN(Cc1ccccc1)Cc1cccc(C(=O)NCC2CN3CCCC3CO2)c1. The smallest absolute Gasteiger partial charge is 0.251 e. The molecule has 29 heavy (non-hydrogen) atoms. The zero-order valence-corrected chi connectivity index (χ0v) is 17.2. The van der Waals surface area contributed by atoms with E-state index < -0.39 is 0 Å². The van der Waals surface area contributed by atoms with Crippen LogP contribution >= 0.6 is 0 Å². The van der Waals surface area contributed by atoms with Crippen molar-refractivity contribution in [3.05, 3.63) is 71.3 Å². The van der Waals surface area contributed by atoms with Gasteiger partial charge in [0.25, 0.3) is 5.91 Å². The van der Waals surface area contributed by atoms with Gasteiger partial charge in [-0.1, -0.05) is 42.5 Å². The highest BCUT2D eigenvalue weighted by molar-refractivity contribution is 5.94. The molecule has 2 saturated heterocycles. The summed E-state index contributed by atoms with van der Waals surface area (Å²) in [5.41, 5.74) is 3.15. The van der Waals surface area contributed by atoms with Gasteiger partial charge in [-0.25, -0.2) is 0 Å². The van der Waals surface area contributed by atoms with E-state index in [1.54, 1.807) is 0 Å². The second kappa shape index (κ2) is 9.53. The van der Waals surface area contributed by atoms with Gasteiger partial charge < -0.3 is 10.1 Å². The van der Waals surface area contributed by atoms with E-state index in [1.165, 1.54) is 18.4 Å². The average Bonchev–Trinajstić information content (AvgIpc) is 3.21. The van der Waals surface area contributed by atoms with Gasteiger partial charge >= 0.3 is 0 Å². The quantitative estimate of drug-likeness (QED) is 0.786. The largest absolute Gasteiger partial charge is 0.373 e. The molecule has 0 spiro atoms. The maximum absolute atomic E-state index is 12.7. The first-order valence-corrected chi connectivity index (χ1v) is 10.6. The molecule has 0 radical (unpaired) electrons. The maximum Gasteiger partial charge on any atom is 0.251 e. The van der Waals surface area contributed by atoms with Crippen LogP contribution in [0.15, 0.2) is 54.6 Å². The van der Waals surface area contributed by atoms with Gasteiger partial charge in [-0.2, -0.15) is 0 Å². The van der Waals surface area contributed by atoms with E-state index >= 15 is 0 Å². The molecule has 154 valence electrons. The Morgan fingerprint density at radius 2 is 1.93 bits per heavy atom. The normalized spacial score (nSPS) is 21.9. The fourth-order valence-electron chi connectivity index (χ4n) is 4.39. The molecular formula is C24H31N3O2. The number of hydrogen-bond acceptors (Lipinski definition) is 4. The second-order valence-corrected chi connectivity index (χ2v) is 8.31. The number of morpholine rings is 1. The second-order valence-electron chi connectivity index (χ2n) is 8.31. The highest BCUT2D eigenvalue weighted by Crippen LogP contribution is 2.22. The summed E-state index contributed by atoms with van der Waals surface area (Å²) < 4.78 is 5.95. The van der Waals surface area contributed by atoms with Crippen LogP contribution in [0.1, 0.15) is 34.3 Å². The Hall–Kier alpha value is -2.21. The van der Waals surface area contributed by atoms with Crippen molar-refractivity contribution in [2.75, 3.05) is 33.3 Å². The van der Waals surface area contributed by atoms with Crippen LogP contribution in [0, 0.1) is 0 Å². The molecule has 1 amide bonds. The van der Waals surface area contributed by atoms with E-state index in [0.717, 1.165) is 38.3 Å². The molecule has 4 rings (SSSR count). The lowest BCUT2D eigenvalue weighted by Gasteiger charge is -2.35. The summed E-state index contributed by atoms with van der Waals surface area (Å²) >= 11 is 0. The number of hydrogen-bond donors (Lipinski definition) is 1. The number of amides is 1. The minimum Gasteiger partial charge on any atom is -0.373 e. The van der Waals surface area contributed by atoms with E-state index in [9.17, 15) is 4.79 Å². The number of benzene rings is 2. The highest BCUT2D eigenvalue weighted by Gasteiger charge is 2.32. The van der Waals surface area contributed by atoms with Gasteiger partial charge in [0.2, 0.25) is 0 Å². The molecule has 2 aromatic carbocycles. The fourth-order valence-corrected chi connectivity index (χ4v) is 4.39. The zero-order chi connectivity index (χ0) is 20.1. The summed E-state index contributed by atoms with van der Waals surface area (Å²) in [4.78, 5) is 17.4. The Morgan fingerprint density at radius 1 is 1.14 bits per heavy atom. The molecule has 5 heteroatoms. The van der Waals surface area contributed by atoms with Crippen LogP contribution in [0.3, 0.4) is 0 Å². The summed E-state index contributed by atoms with van der Waals surface area (Å²) in [6.07, 6.45) is 2.59. The summed E-state index contributed by atoms with van der Waals surface area (Å²) in [5, 5.41) is 3.06. The van der Waals surface area contributed by atoms with Crippen LogP contribution in [-0.2, 0) is 17.8 Å². The van der Waals surface area contributed by atoms with E-state index in [4.69, 9.17) is 4.74 Å². The van der Waals surface area contributed by atoms with E-state index in [-0.39, 0.29) is 12.0 Å². The molecular weight excluding hydrogens is 362 g/mol. The van der Waals surface area contributed by atoms with Crippen molar-refractivity contribution in [1.82, 2.24) is 15.1 Å². The van der Waals surface area contributed by atoms with E-state index in [0.29, 0.717) is 18.2 Å². The predicted molar refractivity (Wildman–Crippen MR) is 115 cm³/mol. The minimum atomic E-state index is -0.0234. The van der Waals surface area contributed by atoms with Crippen LogP contribution in [0.25, 0.3) is 0 Å². The minimum absolute atomic E-state index is 0.0234. The van der Waals surface area contributed by atoms with Crippen LogP contribution in [-0.4, -0.2) is 61.1 Å². The molecule has 0 bridgehead atoms. The highest BCUT2D eigenvalue weighted by atomic mass is 16.5. The Balaban J connectivity index is 1.28. The van der Waals surface area contributed by atoms with Crippen LogP contribution < -0.4 is 5.32 Å². The van der Waals surface area contributed by atoms with Crippen molar-refractivity contribution in [3.63, 3.8) is 0 Å². The molecule has 2 fully saturated rings. The average molecular weight is 394 g/mol. The first-order chi connectivity index (χ1) is 14.2. The van der Waals surface area contributed by atoms with Crippen molar-refractivity contribution in [3.8, 4) is 0 Å². The van der Waals surface area contributed by atoms with Crippen molar-refractivity contribution >= 4 is 5.91 Å². The monoisotopic (exact) mass is 393 g/mol. The number of ether oxygens (including phenoxy) is 1. The number of nitrogens with one attached hydrogen (secondary N) is 1. The maximum atomic E-state index is 12.7. The third-order valence-electron chi connectivity index (χ3n) is 5.89. The summed E-state index contributed by atoms with van der Waals surface area (Å²) in [7, 11) is 2.10. The molecule has 2 unspecified atom stereocenters. The van der Waals surface area contributed by atoms with E-state index in [2.05, 4.69) is 52.5 Å². The van der Waals surface area contributed by atoms with Crippen molar-refractivity contribution in [1.29, 1.82) is 0 Å². The lowest BCUT2D eigenvalue weighted by molar-refractivity contribution is -0.0461. The third kappa shape index (κ3) is 5.44. The van der Waals surface area contributed by atoms with Gasteiger partial charge in [0.05, 0.1) is 12.7 Å². The third-order valence-corrected chi connectivity index (χ3v) is 5.89. The van der Waals surface area contributed by atoms with Crippen LogP contribution in [0.4, 0.5) is 0 Å². The molecule has 2 aromatic rings.